The predicted octanol–water partition coefficient (Wildman–Crippen LogP) is 0.507. The third-order valence-electron chi connectivity index (χ3n) is 1.76. The minimum Gasteiger partial charge on any atom is -0.385 e. The van der Waals surface area contributed by atoms with Gasteiger partial charge >= 0.3 is 0 Å². The lowest BCUT2D eigenvalue weighted by atomic mass is 10.1. The van der Waals surface area contributed by atoms with Gasteiger partial charge in [0.05, 0.1) is 6.04 Å². The number of ether oxygens (including phenoxy) is 1. The van der Waals surface area contributed by atoms with Crippen molar-refractivity contribution < 1.29 is 14.3 Å². The zero-order valence-corrected chi connectivity index (χ0v) is 8.42. The average Bonchev–Trinajstić information content (AvgIpc) is 2.11. The van der Waals surface area contributed by atoms with Crippen LogP contribution in [0.5, 0.6) is 0 Å². The van der Waals surface area contributed by atoms with Gasteiger partial charge in [-0.25, -0.2) is 0 Å². The highest BCUT2D eigenvalue weighted by atomic mass is 16.5. The molecule has 0 rings (SSSR count). The number of ketones is 1. The summed E-state index contributed by atoms with van der Waals surface area (Å²) in [6.07, 6.45) is 0.939. The molecule has 1 amide bonds. The van der Waals surface area contributed by atoms with Gasteiger partial charge in [-0.1, -0.05) is 6.92 Å². The van der Waals surface area contributed by atoms with E-state index >= 15 is 0 Å². The molecule has 0 saturated heterocycles. The van der Waals surface area contributed by atoms with Crippen molar-refractivity contribution in [3.8, 4) is 0 Å². The van der Waals surface area contributed by atoms with Gasteiger partial charge in [0.1, 0.15) is 0 Å². The lowest BCUT2D eigenvalue weighted by Crippen LogP contribution is -2.40. The molecule has 0 aromatic carbocycles. The van der Waals surface area contributed by atoms with Crippen LogP contribution in [0.2, 0.25) is 0 Å². The van der Waals surface area contributed by atoms with E-state index in [2.05, 4.69) is 5.32 Å². The highest BCUT2D eigenvalue weighted by molar-refractivity contribution is 5.87. The summed E-state index contributed by atoms with van der Waals surface area (Å²) in [4.78, 5) is 22.0. The van der Waals surface area contributed by atoms with Crippen molar-refractivity contribution in [2.45, 2.75) is 32.7 Å². The van der Waals surface area contributed by atoms with Gasteiger partial charge in [0.15, 0.2) is 5.78 Å². The first-order valence-corrected chi connectivity index (χ1v) is 4.40. The monoisotopic (exact) mass is 187 g/mol. The Kier molecular flexibility index (Phi) is 6.14. The molecule has 1 N–H and O–H groups in total. The van der Waals surface area contributed by atoms with Crippen molar-refractivity contribution in [1.82, 2.24) is 5.32 Å². The van der Waals surface area contributed by atoms with E-state index in [4.69, 9.17) is 4.74 Å². The maximum absolute atomic E-state index is 11.0. The van der Waals surface area contributed by atoms with E-state index in [1.807, 2.05) is 0 Å². The Bertz CT molecular complexity index is 180. The molecule has 13 heavy (non-hydrogen) atoms. The van der Waals surface area contributed by atoms with E-state index in [-0.39, 0.29) is 11.7 Å². The molecule has 0 aromatic rings. The summed E-state index contributed by atoms with van der Waals surface area (Å²) in [5.41, 5.74) is 0. The molecule has 76 valence electrons. The van der Waals surface area contributed by atoms with Crippen molar-refractivity contribution in [3.05, 3.63) is 0 Å². The molecule has 0 radical (unpaired) electrons. The van der Waals surface area contributed by atoms with Crippen LogP contribution >= 0.6 is 0 Å². The predicted molar refractivity (Wildman–Crippen MR) is 49.4 cm³/mol. The van der Waals surface area contributed by atoms with Gasteiger partial charge in [-0.05, 0) is 13.3 Å². The molecule has 0 aliphatic carbocycles. The van der Waals surface area contributed by atoms with Crippen LogP contribution in [0.3, 0.4) is 0 Å². The Morgan fingerprint density at radius 1 is 1.46 bits per heavy atom. The van der Waals surface area contributed by atoms with Gasteiger partial charge in [0.25, 0.3) is 0 Å². The van der Waals surface area contributed by atoms with Crippen molar-refractivity contribution in [2.75, 3.05) is 13.7 Å². The first kappa shape index (κ1) is 12.1. The van der Waals surface area contributed by atoms with Crippen LogP contribution in [-0.2, 0) is 14.3 Å². The van der Waals surface area contributed by atoms with Crippen molar-refractivity contribution in [1.29, 1.82) is 0 Å². The second kappa shape index (κ2) is 6.60. The van der Waals surface area contributed by atoms with E-state index in [9.17, 15) is 9.59 Å². The number of nitrogens with one attached hydrogen (secondary N) is 1. The van der Waals surface area contributed by atoms with Crippen LogP contribution in [-0.4, -0.2) is 31.4 Å². The van der Waals surface area contributed by atoms with E-state index in [1.165, 1.54) is 6.92 Å². The zero-order chi connectivity index (χ0) is 10.3. The molecule has 0 heterocycles. The Balaban J connectivity index is 3.94. The van der Waals surface area contributed by atoms with Crippen LogP contribution in [0.4, 0.5) is 0 Å². The molecule has 0 unspecified atom stereocenters. The first-order chi connectivity index (χ1) is 6.11. The standard InChI is InChI=1S/C9H17NO3/c1-4-9(12)10-8(7(2)11)5-6-13-3/h8H,4-6H2,1-3H3,(H,10,12)/t8-/m0/s1. The summed E-state index contributed by atoms with van der Waals surface area (Å²) in [5, 5.41) is 2.63. The molecule has 0 aliphatic rings. The molecular formula is C9H17NO3. The smallest absolute Gasteiger partial charge is 0.220 e. The molecule has 0 fully saturated rings. The van der Waals surface area contributed by atoms with Crippen LogP contribution in [0.25, 0.3) is 0 Å². The summed E-state index contributed by atoms with van der Waals surface area (Å²) < 4.78 is 4.83. The van der Waals surface area contributed by atoms with Gasteiger partial charge in [-0.15, -0.1) is 0 Å². The van der Waals surface area contributed by atoms with E-state index < -0.39 is 6.04 Å². The van der Waals surface area contributed by atoms with Crippen molar-refractivity contribution >= 4 is 11.7 Å². The molecule has 0 spiro atoms. The summed E-state index contributed by atoms with van der Waals surface area (Å²) in [7, 11) is 1.57. The summed E-state index contributed by atoms with van der Waals surface area (Å²) in [6, 6.07) is -0.396. The maximum atomic E-state index is 11.0. The van der Waals surface area contributed by atoms with Gasteiger partial charge in [0, 0.05) is 20.1 Å². The van der Waals surface area contributed by atoms with Crippen molar-refractivity contribution in [2.24, 2.45) is 0 Å². The van der Waals surface area contributed by atoms with Crippen LogP contribution in [0.15, 0.2) is 0 Å². The highest BCUT2D eigenvalue weighted by Crippen LogP contribution is 1.95. The number of hydrogen-bond acceptors (Lipinski definition) is 3. The van der Waals surface area contributed by atoms with Gasteiger partial charge in [0.2, 0.25) is 5.91 Å². The maximum Gasteiger partial charge on any atom is 0.220 e. The van der Waals surface area contributed by atoms with E-state index in [1.54, 1.807) is 14.0 Å². The highest BCUT2D eigenvalue weighted by Gasteiger charge is 2.15. The van der Waals surface area contributed by atoms with Crippen molar-refractivity contribution in [3.63, 3.8) is 0 Å². The summed E-state index contributed by atoms with van der Waals surface area (Å²) in [5.74, 6) is -0.129. The molecule has 0 bridgehead atoms. The topological polar surface area (TPSA) is 55.4 Å². The Labute approximate surface area is 78.6 Å². The third kappa shape index (κ3) is 5.36. The van der Waals surface area contributed by atoms with E-state index in [0.717, 1.165) is 0 Å². The summed E-state index contributed by atoms with van der Waals surface area (Å²) >= 11 is 0. The number of rotatable bonds is 6. The first-order valence-electron chi connectivity index (χ1n) is 4.40. The van der Waals surface area contributed by atoms with Gasteiger partial charge < -0.3 is 10.1 Å². The molecule has 0 saturated carbocycles. The SMILES string of the molecule is CCC(=O)N[C@@H](CCOC)C(C)=O. The van der Waals surface area contributed by atoms with Gasteiger partial charge in [-0.2, -0.15) is 0 Å². The van der Waals surface area contributed by atoms with Gasteiger partial charge in [-0.3, -0.25) is 9.59 Å². The quantitative estimate of drug-likeness (QED) is 0.659. The summed E-state index contributed by atoms with van der Waals surface area (Å²) in [6.45, 7) is 3.70. The minimum absolute atomic E-state index is 0.0288. The fourth-order valence-electron chi connectivity index (χ4n) is 0.909. The number of carbonyl (C=O) groups is 2. The number of Topliss-reactive ketones (excluding diaryl/α,β-unsaturated/α-hetero) is 1. The number of amides is 1. The second-order valence-electron chi connectivity index (χ2n) is 2.87. The van der Waals surface area contributed by atoms with Crippen LogP contribution in [0.1, 0.15) is 26.7 Å². The molecule has 1 atom stereocenters. The average molecular weight is 187 g/mol. The number of methoxy groups -OCH3 is 1. The van der Waals surface area contributed by atoms with Crippen LogP contribution in [0, 0.1) is 0 Å². The van der Waals surface area contributed by atoms with Crippen LogP contribution < -0.4 is 5.32 Å². The van der Waals surface area contributed by atoms with E-state index in [0.29, 0.717) is 19.4 Å². The zero-order valence-electron chi connectivity index (χ0n) is 8.42. The number of carbonyl (C=O) groups excluding carboxylic acids is 2. The molecule has 4 heteroatoms. The molecular weight excluding hydrogens is 170 g/mol. The fourth-order valence-corrected chi connectivity index (χ4v) is 0.909. The largest absolute Gasteiger partial charge is 0.385 e. The normalized spacial score (nSPS) is 12.2. The third-order valence-corrected chi connectivity index (χ3v) is 1.76. The number of hydrogen-bond donors (Lipinski definition) is 1. The molecule has 0 aromatic heterocycles. The lowest BCUT2D eigenvalue weighted by Gasteiger charge is -2.14. The molecule has 0 aliphatic heterocycles. The fraction of sp³-hybridized carbons (Fsp3) is 0.778. The minimum atomic E-state index is -0.396. The molecule has 4 nitrogen and oxygen atoms in total. The second-order valence-corrected chi connectivity index (χ2v) is 2.87. The Hall–Kier alpha value is -0.900. The Morgan fingerprint density at radius 3 is 2.46 bits per heavy atom. The Morgan fingerprint density at radius 2 is 2.08 bits per heavy atom. The lowest BCUT2D eigenvalue weighted by molar-refractivity contribution is -0.127.